The van der Waals surface area contributed by atoms with Gasteiger partial charge in [-0.15, -0.1) is 0 Å². The third-order valence-electron chi connectivity index (χ3n) is 3.54. The number of nitrogens with zero attached hydrogens (tertiary/aromatic N) is 1. The Morgan fingerprint density at radius 2 is 1.77 bits per heavy atom. The molecular formula is C18H21FN2O4S. The van der Waals surface area contributed by atoms with Crippen LogP contribution in [0.1, 0.15) is 5.56 Å². The van der Waals surface area contributed by atoms with Crippen molar-refractivity contribution >= 4 is 15.9 Å². The van der Waals surface area contributed by atoms with E-state index in [9.17, 15) is 17.6 Å². The van der Waals surface area contributed by atoms with Crippen molar-refractivity contribution in [3.63, 3.8) is 0 Å². The topological polar surface area (TPSA) is 75.7 Å². The van der Waals surface area contributed by atoms with Crippen LogP contribution in [0, 0.1) is 5.82 Å². The van der Waals surface area contributed by atoms with Crippen molar-refractivity contribution < 1.29 is 22.3 Å². The van der Waals surface area contributed by atoms with Gasteiger partial charge in [-0.1, -0.05) is 30.3 Å². The molecule has 0 fully saturated rings. The second kappa shape index (κ2) is 9.30. The Kier molecular flexibility index (Phi) is 7.11. The first-order valence-electron chi connectivity index (χ1n) is 7.99. The number of carbonyl (C=O) groups is 1. The minimum atomic E-state index is -3.47. The molecule has 0 aliphatic carbocycles. The molecule has 0 saturated carbocycles. The van der Waals surface area contributed by atoms with Crippen molar-refractivity contribution in [1.29, 1.82) is 0 Å². The number of nitrogens with one attached hydrogen (secondary N) is 1. The van der Waals surface area contributed by atoms with Crippen LogP contribution >= 0.6 is 0 Å². The summed E-state index contributed by atoms with van der Waals surface area (Å²) in [5, 5.41) is 2.62. The Morgan fingerprint density at radius 3 is 2.38 bits per heavy atom. The molecule has 140 valence electrons. The van der Waals surface area contributed by atoms with Crippen molar-refractivity contribution in [2.24, 2.45) is 0 Å². The van der Waals surface area contributed by atoms with Gasteiger partial charge in [-0.3, -0.25) is 4.79 Å². The lowest BCUT2D eigenvalue weighted by atomic mass is 10.2. The zero-order chi connectivity index (χ0) is 19.0. The van der Waals surface area contributed by atoms with E-state index in [4.69, 9.17) is 4.74 Å². The second-order valence-corrected chi connectivity index (χ2v) is 7.66. The molecule has 0 unspecified atom stereocenters. The largest absolute Gasteiger partial charge is 0.484 e. The van der Waals surface area contributed by atoms with E-state index in [1.165, 1.54) is 28.6 Å². The van der Waals surface area contributed by atoms with E-state index in [0.717, 1.165) is 6.26 Å². The number of carbonyl (C=O) groups excluding carboxylic acids is 1. The minimum Gasteiger partial charge on any atom is -0.484 e. The van der Waals surface area contributed by atoms with Crippen molar-refractivity contribution in [3.8, 4) is 5.75 Å². The molecule has 0 aromatic heterocycles. The summed E-state index contributed by atoms with van der Waals surface area (Å²) in [5.41, 5.74) is 0.663. The Balaban J connectivity index is 1.81. The average Bonchev–Trinajstić information content (AvgIpc) is 2.61. The van der Waals surface area contributed by atoms with E-state index in [2.05, 4.69) is 5.32 Å². The fraction of sp³-hybridized carbons (Fsp3) is 0.278. The lowest BCUT2D eigenvalue weighted by Gasteiger charge is -2.20. The van der Waals surface area contributed by atoms with Gasteiger partial charge in [0, 0.05) is 19.6 Å². The van der Waals surface area contributed by atoms with Crippen LogP contribution in [0.4, 0.5) is 4.39 Å². The molecule has 0 aliphatic heterocycles. The molecule has 6 nitrogen and oxygen atoms in total. The molecule has 2 rings (SSSR count). The van der Waals surface area contributed by atoms with Gasteiger partial charge >= 0.3 is 0 Å². The highest BCUT2D eigenvalue weighted by Crippen LogP contribution is 2.10. The molecule has 26 heavy (non-hydrogen) atoms. The first-order chi connectivity index (χ1) is 12.3. The standard InChI is InChI=1S/C18H21FN2O4S/c1-26(23,24)21(13-15-7-9-16(19)10-8-15)12-11-20-18(22)14-25-17-5-3-2-4-6-17/h2-10H,11-14H2,1H3,(H,20,22). The van der Waals surface area contributed by atoms with Crippen LogP contribution in [0.2, 0.25) is 0 Å². The molecule has 0 saturated heterocycles. The zero-order valence-electron chi connectivity index (χ0n) is 14.4. The molecule has 0 bridgehead atoms. The molecule has 1 N–H and O–H groups in total. The van der Waals surface area contributed by atoms with Gasteiger partial charge in [0.2, 0.25) is 10.0 Å². The molecule has 2 aromatic rings. The lowest BCUT2D eigenvalue weighted by Crippen LogP contribution is -2.39. The van der Waals surface area contributed by atoms with E-state index in [1.807, 2.05) is 6.07 Å². The Morgan fingerprint density at radius 1 is 1.12 bits per heavy atom. The SMILES string of the molecule is CS(=O)(=O)N(CCNC(=O)COc1ccccc1)Cc1ccc(F)cc1. The van der Waals surface area contributed by atoms with Crippen molar-refractivity contribution in [3.05, 3.63) is 66.0 Å². The van der Waals surface area contributed by atoms with Gasteiger partial charge in [0.05, 0.1) is 6.26 Å². The Hall–Kier alpha value is -2.45. The highest BCUT2D eigenvalue weighted by Gasteiger charge is 2.17. The third kappa shape index (κ3) is 6.81. The number of benzene rings is 2. The number of sulfonamides is 1. The fourth-order valence-electron chi connectivity index (χ4n) is 2.19. The van der Waals surface area contributed by atoms with Crippen LogP contribution in [0.3, 0.4) is 0 Å². The van der Waals surface area contributed by atoms with Crippen LogP contribution in [-0.2, 0) is 21.4 Å². The maximum absolute atomic E-state index is 13.0. The summed E-state index contributed by atoms with van der Waals surface area (Å²) in [4.78, 5) is 11.8. The molecule has 2 aromatic carbocycles. The molecule has 0 heterocycles. The summed E-state index contributed by atoms with van der Waals surface area (Å²) in [6.45, 7) is 0.203. The second-order valence-electron chi connectivity index (χ2n) is 5.67. The van der Waals surface area contributed by atoms with Gasteiger partial charge in [-0.25, -0.2) is 12.8 Å². The van der Waals surface area contributed by atoms with E-state index in [-0.39, 0.29) is 38.0 Å². The molecule has 0 atom stereocenters. The Bertz CT molecular complexity index is 811. The normalized spacial score (nSPS) is 11.3. The van der Waals surface area contributed by atoms with Crippen LogP contribution in [0.5, 0.6) is 5.75 Å². The minimum absolute atomic E-state index is 0.104. The van der Waals surface area contributed by atoms with E-state index >= 15 is 0 Å². The first-order valence-corrected chi connectivity index (χ1v) is 9.83. The summed E-state index contributed by atoms with van der Waals surface area (Å²) >= 11 is 0. The van der Waals surface area contributed by atoms with Crippen molar-refractivity contribution in [2.75, 3.05) is 26.0 Å². The predicted octanol–water partition coefficient (Wildman–Crippen LogP) is 1.78. The molecular weight excluding hydrogens is 359 g/mol. The quantitative estimate of drug-likeness (QED) is 0.720. The van der Waals surface area contributed by atoms with E-state index < -0.39 is 10.0 Å². The molecule has 1 amide bonds. The third-order valence-corrected chi connectivity index (χ3v) is 4.79. The Labute approximate surface area is 152 Å². The van der Waals surface area contributed by atoms with Gasteiger partial charge in [0.1, 0.15) is 11.6 Å². The summed E-state index contributed by atoms with van der Waals surface area (Å²) < 4.78 is 43.3. The molecule has 0 spiro atoms. The number of para-hydroxylation sites is 1. The van der Waals surface area contributed by atoms with E-state index in [1.54, 1.807) is 24.3 Å². The van der Waals surface area contributed by atoms with Crippen LogP contribution in [0.15, 0.2) is 54.6 Å². The van der Waals surface area contributed by atoms with Gasteiger partial charge in [0.25, 0.3) is 5.91 Å². The summed E-state index contributed by atoms with van der Waals surface area (Å²) in [5.74, 6) is -0.147. The van der Waals surface area contributed by atoms with Gasteiger partial charge < -0.3 is 10.1 Å². The maximum Gasteiger partial charge on any atom is 0.257 e. The average molecular weight is 380 g/mol. The van der Waals surface area contributed by atoms with Crippen LogP contribution in [0.25, 0.3) is 0 Å². The highest BCUT2D eigenvalue weighted by molar-refractivity contribution is 7.88. The number of rotatable bonds is 9. The zero-order valence-corrected chi connectivity index (χ0v) is 15.2. The number of hydrogen-bond donors (Lipinski definition) is 1. The predicted molar refractivity (Wildman–Crippen MR) is 96.6 cm³/mol. The van der Waals surface area contributed by atoms with Crippen molar-refractivity contribution in [2.45, 2.75) is 6.54 Å². The molecule has 0 aliphatic rings. The van der Waals surface area contributed by atoms with Gasteiger partial charge in [-0.2, -0.15) is 4.31 Å². The number of halogens is 1. The van der Waals surface area contributed by atoms with Crippen molar-refractivity contribution in [1.82, 2.24) is 9.62 Å². The fourth-order valence-corrected chi connectivity index (χ4v) is 3.00. The summed E-state index contributed by atoms with van der Waals surface area (Å²) in [7, 11) is -3.47. The van der Waals surface area contributed by atoms with E-state index in [0.29, 0.717) is 11.3 Å². The summed E-state index contributed by atoms with van der Waals surface area (Å²) in [6.07, 6.45) is 1.09. The smallest absolute Gasteiger partial charge is 0.257 e. The maximum atomic E-state index is 13.0. The summed E-state index contributed by atoms with van der Waals surface area (Å²) in [6, 6.07) is 14.5. The monoisotopic (exact) mass is 380 g/mol. The lowest BCUT2D eigenvalue weighted by molar-refractivity contribution is -0.123. The first kappa shape index (κ1) is 19.9. The van der Waals surface area contributed by atoms with Gasteiger partial charge in [0.15, 0.2) is 6.61 Å². The van der Waals surface area contributed by atoms with Gasteiger partial charge in [-0.05, 0) is 29.8 Å². The number of hydrogen-bond acceptors (Lipinski definition) is 4. The van der Waals surface area contributed by atoms with Crippen LogP contribution in [-0.4, -0.2) is 44.6 Å². The van der Waals surface area contributed by atoms with Crippen LogP contribution < -0.4 is 10.1 Å². The highest BCUT2D eigenvalue weighted by atomic mass is 32.2. The molecule has 8 heteroatoms. The number of ether oxygens (including phenoxy) is 1. The number of amides is 1. The molecule has 0 radical (unpaired) electrons.